The number of allylic oxidation sites excluding steroid dienone is 8. The summed E-state index contributed by atoms with van der Waals surface area (Å²) in [5.41, 5.74) is 36.0. The Balaban J connectivity index is 0.000000205. The van der Waals surface area contributed by atoms with E-state index in [-0.39, 0.29) is 78.5 Å². The zero-order chi connectivity index (χ0) is 72.5. The Morgan fingerprint density at radius 2 is 0.713 bits per heavy atom. The van der Waals surface area contributed by atoms with Crippen molar-refractivity contribution in [2.75, 3.05) is 33.9 Å². The zero-order valence-corrected chi connectivity index (χ0v) is 69.9. The van der Waals surface area contributed by atoms with Crippen LogP contribution in [0, 0.1) is 44.4 Å². The minimum atomic E-state index is -0.895. The van der Waals surface area contributed by atoms with Gasteiger partial charge in [0.15, 0.2) is 0 Å². The molecule has 0 spiro atoms. The molecule has 0 heterocycles. The van der Waals surface area contributed by atoms with Crippen LogP contribution in [0.3, 0.4) is 0 Å². The van der Waals surface area contributed by atoms with E-state index in [1.54, 1.807) is 12.1 Å². The van der Waals surface area contributed by atoms with Gasteiger partial charge in [0.05, 0.1) is 5.56 Å². The van der Waals surface area contributed by atoms with Crippen molar-refractivity contribution >= 4 is 84.0 Å². The Kier molecular flexibility index (Phi) is 29.5. The number of carboxylic acids is 1. The number of nitrogen functional groups attached to an aromatic ring is 1. The fourth-order valence-electron chi connectivity index (χ4n) is 14.2. The minimum absolute atomic E-state index is 0. The van der Waals surface area contributed by atoms with Crippen LogP contribution in [-0.4, -0.2) is 29.6 Å². The number of carboxylic acid groups (broad SMARTS) is 1. The second-order valence-corrected chi connectivity index (χ2v) is 32.5. The third-order valence-electron chi connectivity index (χ3n) is 20.4. The van der Waals surface area contributed by atoms with Crippen molar-refractivity contribution in [3.8, 4) is 0 Å². The van der Waals surface area contributed by atoms with Crippen LogP contribution in [0.4, 0.5) is 39.8 Å². The summed E-state index contributed by atoms with van der Waals surface area (Å²) in [6.45, 7) is 49.3. The first-order valence-corrected chi connectivity index (χ1v) is 37.1. The van der Waals surface area contributed by atoms with E-state index in [2.05, 4.69) is 328 Å². The third-order valence-corrected chi connectivity index (χ3v) is 21.0. The van der Waals surface area contributed by atoms with Gasteiger partial charge in [-0.2, -0.15) is 0 Å². The molecule has 0 atom stereocenters. The van der Waals surface area contributed by atoms with Gasteiger partial charge >= 0.3 is 57.4 Å². The normalized spacial score (nSPS) is 15.2. The smallest absolute Gasteiger partial charge is 0.870 e. The summed E-state index contributed by atoms with van der Waals surface area (Å²) >= 11 is 3.35. The average Bonchev–Trinajstić information content (AvgIpc) is 0.785. The molecule has 530 valence electrons. The molecule has 12 rings (SSSR count). The molecule has 0 amide bonds. The number of hydrogen-bond donors (Lipinski definition) is 3. The molecule has 8 aromatic carbocycles. The first-order chi connectivity index (χ1) is 46.6. The molecule has 0 fully saturated rings. The zero-order valence-electron chi connectivity index (χ0n) is 65.2. The molecule has 0 bridgehead atoms. The number of fused-ring (bicyclic) bond motifs is 4. The van der Waals surface area contributed by atoms with Gasteiger partial charge in [-0.1, -0.05) is 228 Å². The average molecular weight is 1440 g/mol. The molecular weight excluding hydrogens is 1330 g/mol. The number of anilines is 7. The van der Waals surface area contributed by atoms with Gasteiger partial charge in [0, 0.05) is 57.4 Å². The molecule has 101 heavy (non-hydrogen) atoms. The number of halogens is 1. The van der Waals surface area contributed by atoms with Crippen molar-refractivity contribution in [3.05, 3.63) is 265 Å². The molecule has 0 aromatic heterocycles. The van der Waals surface area contributed by atoms with Crippen LogP contribution in [0.25, 0.3) is 22.3 Å². The molecule has 4 aliphatic rings. The fraction of sp³-hybridized carbons (Fsp3) is 0.380. The molecule has 5 N–H and O–H groups in total. The Morgan fingerprint density at radius 3 is 1.05 bits per heavy atom. The van der Waals surface area contributed by atoms with Crippen LogP contribution < -0.4 is 72.2 Å². The van der Waals surface area contributed by atoms with Gasteiger partial charge in [-0.05, 0) is 282 Å². The quantitative estimate of drug-likeness (QED) is 0.0779. The number of benzene rings is 8. The van der Waals surface area contributed by atoms with Crippen LogP contribution in [0.1, 0.15) is 222 Å². The maximum atomic E-state index is 11.1. The number of rotatable bonds is 13. The molecule has 0 radical (unpaired) electrons. The number of nitrogens with zero attached hydrogens (tertiary/aromatic N) is 2. The van der Waals surface area contributed by atoms with Gasteiger partial charge in [-0.15, -0.1) is 0 Å². The SMILES string of the molecule is CC(C)C1=CCC(C)(C)c2cc(N)ccc21.CCN(c1ccc(C(=O)O)cc1)c1ccc2c(c1)C(C)(C)CC=C2C(C)C.CCN(c1ccc(C)cc1)c1ccc2c(c1)C(C)(C)CC=C2C(C)C.Cc1ccc(Br)cc1.Cc1ccc(Nc2ccc3c(c2)C(C)(C)CC=C3C(C)C)cc1.[K+].[OH-]. The van der Waals surface area contributed by atoms with Crippen LogP contribution in [0.5, 0.6) is 0 Å². The van der Waals surface area contributed by atoms with E-state index in [9.17, 15) is 4.79 Å². The molecule has 4 aliphatic carbocycles. The van der Waals surface area contributed by atoms with Crippen molar-refractivity contribution in [1.29, 1.82) is 0 Å². The van der Waals surface area contributed by atoms with E-state index in [0.717, 1.165) is 66.0 Å². The first kappa shape index (κ1) is 83.4. The van der Waals surface area contributed by atoms with Gasteiger partial charge in [0.25, 0.3) is 0 Å². The minimum Gasteiger partial charge on any atom is -0.870 e. The summed E-state index contributed by atoms with van der Waals surface area (Å²) in [5, 5.41) is 12.7. The summed E-state index contributed by atoms with van der Waals surface area (Å²) in [5.74, 6) is 1.34. The third kappa shape index (κ3) is 20.9. The molecule has 9 heteroatoms. The Hall–Kier alpha value is -6.53. The van der Waals surface area contributed by atoms with Crippen LogP contribution >= 0.6 is 15.9 Å². The van der Waals surface area contributed by atoms with Gasteiger partial charge in [-0.3, -0.25) is 0 Å². The molecule has 0 saturated carbocycles. The van der Waals surface area contributed by atoms with Gasteiger partial charge in [0.2, 0.25) is 0 Å². The van der Waals surface area contributed by atoms with Crippen molar-refractivity contribution in [1.82, 2.24) is 0 Å². The summed E-state index contributed by atoms with van der Waals surface area (Å²) in [6.07, 6.45) is 14.1. The van der Waals surface area contributed by atoms with E-state index in [1.165, 1.54) is 101 Å². The largest absolute Gasteiger partial charge is 1.00 e. The maximum absolute atomic E-state index is 11.1. The summed E-state index contributed by atoms with van der Waals surface area (Å²) in [6, 6.07) is 59.7. The standard InChI is InChI=1S/C24H29NO2.C24H31N.C22H27N.C15H21N.C7H7Br.K.H2O/c1-6-25(18-9-7-17(8-10-18)23(26)27)19-11-12-21-20(16(2)3)13-14-24(4,5)22(21)15-19;1-7-25(19-10-8-18(4)9-11-19)20-12-13-22-21(17(2)3)14-15-24(5,6)23(22)16-20;1-15(2)19-12-13-22(4,5)21-14-18(10-11-20(19)21)23-17-8-6-16(3)7-9-17;1-10(2)12-7-8-15(3,4)14-9-11(16)5-6-13(12)14;1-6-2-4-7(8)5-3-6;;/h7-13,15-16H,6,14H2,1-5H3,(H,26,27);8-14,16-17H,7,15H2,1-6H3;6-12,14-15,23H,13H2,1-5H3;5-7,9-10H,8,16H2,1-4H3;2-5H,1H3;;1H2/q;;;;;+1;/p-1. The molecule has 0 aliphatic heterocycles. The fourth-order valence-corrected chi connectivity index (χ4v) is 14.5. The Morgan fingerprint density at radius 1 is 0.426 bits per heavy atom. The van der Waals surface area contributed by atoms with Crippen molar-refractivity contribution < 1.29 is 66.8 Å². The topological polar surface area (TPSA) is 112 Å². The molecule has 7 nitrogen and oxygen atoms in total. The number of hydrogen-bond acceptors (Lipinski definition) is 6. The monoisotopic (exact) mass is 1440 g/mol. The number of aromatic carboxylic acids is 1. The van der Waals surface area contributed by atoms with Crippen LogP contribution in [0.2, 0.25) is 0 Å². The predicted molar refractivity (Wildman–Crippen MR) is 437 cm³/mol. The maximum Gasteiger partial charge on any atom is 1.00 e. The Bertz CT molecular complexity index is 4200. The first-order valence-electron chi connectivity index (χ1n) is 36.3. The van der Waals surface area contributed by atoms with E-state index in [1.807, 2.05) is 30.3 Å². The van der Waals surface area contributed by atoms with Crippen LogP contribution in [0.15, 0.2) is 199 Å². The van der Waals surface area contributed by atoms with Gasteiger partial charge in [-0.25, -0.2) is 4.79 Å². The molecular formula is C92H116BrKN4O3. The number of nitrogens with one attached hydrogen (secondary N) is 1. The number of carbonyl (C=O) groups is 1. The molecule has 0 saturated heterocycles. The Labute approximate surface area is 660 Å². The van der Waals surface area contributed by atoms with Crippen molar-refractivity contribution in [2.24, 2.45) is 23.7 Å². The number of nitrogens with two attached hydrogens (primary N) is 1. The van der Waals surface area contributed by atoms with Crippen LogP contribution in [-0.2, 0) is 21.7 Å². The van der Waals surface area contributed by atoms with E-state index < -0.39 is 5.97 Å². The van der Waals surface area contributed by atoms with Crippen molar-refractivity contribution in [3.63, 3.8) is 0 Å². The summed E-state index contributed by atoms with van der Waals surface area (Å²) in [7, 11) is 0. The van der Waals surface area contributed by atoms with E-state index in [4.69, 9.17) is 10.8 Å². The second kappa shape index (κ2) is 35.8. The second-order valence-electron chi connectivity index (χ2n) is 31.6. The van der Waals surface area contributed by atoms with Gasteiger partial charge in [0.1, 0.15) is 0 Å². The van der Waals surface area contributed by atoms with Crippen molar-refractivity contribution in [2.45, 2.75) is 193 Å². The summed E-state index contributed by atoms with van der Waals surface area (Å²) in [4.78, 5) is 15.8. The van der Waals surface area contributed by atoms with E-state index >= 15 is 0 Å². The molecule has 8 aromatic rings. The molecule has 0 unspecified atom stereocenters. The van der Waals surface area contributed by atoms with Gasteiger partial charge < -0.3 is 31.4 Å². The summed E-state index contributed by atoms with van der Waals surface area (Å²) < 4.78 is 1.14. The number of aryl methyl sites for hydroxylation is 3. The predicted octanol–water partition coefficient (Wildman–Crippen LogP) is 23.2. The van der Waals surface area contributed by atoms with E-state index in [0.29, 0.717) is 29.2 Å².